The van der Waals surface area contributed by atoms with E-state index in [-0.39, 0.29) is 17.6 Å². The van der Waals surface area contributed by atoms with Crippen molar-refractivity contribution in [3.8, 4) is 0 Å². The fourth-order valence-corrected chi connectivity index (χ4v) is 2.42. The minimum atomic E-state index is -0.976. The monoisotopic (exact) mass is 317 g/mol. The van der Waals surface area contributed by atoms with Crippen LogP contribution in [0, 0.1) is 10.1 Å². The van der Waals surface area contributed by atoms with Crippen molar-refractivity contribution >= 4 is 28.6 Å². The molecule has 2 rings (SSSR count). The molecule has 2 heterocycles. The van der Waals surface area contributed by atoms with Gasteiger partial charge in [-0.1, -0.05) is 11.3 Å². The topological polar surface area (TPSA) is 113 Å². The molecule has 0 N–H and O–H groups in total. The summed E-state index contributed by atoms with van der Waals surface area (Å²) in [6.07, 6.45) is 0.939. The average Bonchev–Trinajstić information content (AvgIpc) is 2.80. The largest absolute Gasteiger partial charge is 0.350 e. The van der Waals surface area contributed by atoms with Crippen LogP contribution in [0.5, 0.6) is 0 Å². The van der Waals surface area contributed by atoms with E-state index in [1.807, 2.05) is 0 Å². The number of aromatic nitrogens is 4. The van der Waals surface area contributed by atoms with E-state index in [1.165, 1.54) is 0 Å². The average molecular weight is 318 g/mol. The summed E-state index contributed by atoms with van der Waals surface area (Å²) in [6, 6.07) is 0. The molecule has 0 amide bonds. The van der Waals surface area contributed by atoms with E-state index in [9.17, 15) is 19.7 Å². The van der Waals surface area contributed by atoms with Crippen LogP contribution in [0.4, 0.5) is 5.69 Å². The lowest BCUT2D eigenvalue weighted by Crippen LogP contribution is -2.40. The van der Waals surface area contributed by atoms with Gasteiger partial charge in [-0.3, -0.25) is 19.5 Å². The Morgan fingerprint density at radius 3 is 2.65 bits per heavy atom. The van der Waals surface area contributed by atoms with Crippen LogP contribution in [0.1, 0.15) is 11.9 Å². The van der Waals surface area contributed by atoms with Gasteiger partial charge < -0.3 is 0 Å². The summed E-state index contributed by atoms with van der Waals surface area (Å²) >= 11 is 6.61. The van der Waals surface area contributed by atoms with Gasteiger partial charge in [-0.25, -0.2) is 9.36 Å². The molecule has 0 aliphatic heterocycles. The molecule has 106 valence electrons. The Morgan fingerprint density at radius 2 is 2.15 bits per heavy atom. The lowest BCUT2D eigenvalue weighted by molar-refractivity contribution is -0.387. The molecule has 2 aromatic heterocycles. The highest BCUT2D eigenvalue weighted by Crippen LogP contribution is 2.15. The molecule has 0 spiro atoms. The second kappa shape index (κ2) is 5.51. The number of hydrogen-bond donors (Lipinski definition) is 0. The number of rotatable bonds is 4. The van der Waals surface area contributed by atoms with Gasteiger partial charge in [0, 0.05) is 6.54 Å². The zero-order valence-corrected chi connectivity index (χ0v) is 11.7. The summed E-state index contributed by atoms with van der Waals surface area (Å²) in [5.74, 6) is 0. The second-order valence-electron chi connectivity index (χ2n) is 3.68. The molecule has 0 aromatic carbocycles. The molecule has 9 nitrogen and oxygen atoms in total. The molecular formula is C9H8ClN5O4S. The first-order valence-corrected chi connectivity index (χ1v) is 6.60. The summed E-state index contributed by atoms with van der Waals surface area (Å²) in [7, 11) is 0. The number of hydrogen-bond acceptors (Lipinski definition) is 7. The van der Waals surface area contributed by atoms with Crippen LogP contribution in [-0.4, -0.2) is 24.3 Å². The van der Waals surface area contributed by atoms with Crippen LogP contribution in [0.2, 0.25) is 4.47 Å². The Labute approximate surface area is 120 Å². The zero-order valence-electron chi connectivity index (χ0n) is 10.1. The van der Waals surface area contributed by atoms with Crippen molar-refractivity contribution in [3.05, 3.63) is 46.6 Å². The van der Waals surface area contributed by atoms with Gasteiger partial charge in [0.25, 0.3) is 0 Å². The lowest BCUT2D eigenvalue weighted by Gasteiger charge is -2.06. The van der Waals surface area contributed by atoms with Crippen molar-refractivity contribution < 1.29 is 4.92 Å². The first-order chi connectivity index (χ1) is 9.43. The Bertz CT molecular complexity index is 779. The highest BCUT2D eigenvalue weighted by atomic mass is 35.5. The number of nitrogens with zero attached hydrogens (tertiary/aromatic N) is 5. The Morgan fingerprint density at radius 1 is 1.45 bits per heavy atom. The number of halogens is 1. The molecule has 0 aliphatic rings. The van der Waals surface area contributed by atoms with Crippen molar-refractivity contribution in [2.45, 2.75) is 20.0 Å². The van der Waals surface area contributed by atoms with Gasteiger partial charge in [0.05, 0.1) is 17.7 Å². The van der Waals surface area contributed by atoms with Gasteiger partial charge in [0.15, 0.2) is 0 Å². The molecule has 0 fully saturated rings. The quantitative estimate of drug-likeness (QED) is 0.599. The van der Waals surface area contributed by atoms with Gasteiger partial charge >= 0.3 is 16.9 Å². The third kappa shape index (κ3) is 2.60. The van der Waals surface area contributed by atoms with E-state index in [4.69, 9.17) is 11.6 Å². The maximum absolute atomic E-state index is 12.0. The Balaban J connectivity index is 2.61. The maximum atomic E-state index is 12.0. The summed E-state index contributed by atoms with van der Waals surface area (Å²) in [5.41, 5.74) is -2.28. The van der Waals surface area contributed by atoms with Crippen molar-refractivity contribution in [1.82, 2.24) is 19.3 Å². The van der Waals surface area contributed by atoms with Gasteiger partial charge in [-0.05, 0) is 18.5 Å². The van der Waals surface area contributed by atoms with E-state index >= 15 is 0 Å². The summed E-state index contributed by atoms with van der Waals surface area (Å²) < 4.78 is 2.00. The smallest absolute Gasteiger partial charge is 0.294 e. The molecule has 0 saturated heterocycles. The molecule has 0 unspecified atom stereocenters. The molecular weight excluding hydrogens is 310 g/mol. The molecule has 2 aromatic rings. The molecule has 0 aliphatic carbocycles. The van der Waals surface area contributed by atoms with Crippen LogP contribution < -0.4 is 11.2 Å². The first kappa shape index (κ1) is 14.3. The highest BCUT2D eigenvalue weighted by Gasteiger charge is 2.20. The van der Waals surface area contributed by atoms with Crippen LogP contribution in [0.25, 0.3) is 0 Å². The minimum Gasteiger partial charge on any atom is -0.294 e. The van der Waals surface area contributed by atoms with Gasteiger partial charge in [-0.2, -0.15) is 0 Å². The fraction of sp³-hybridized carbons (Fsp3) is 0.333. The lowest BCUT2D eigenvalue weighted by atomic mass is 10.5. The second-order valence-corrected chi connectivity index (χ2v) is 5.32. The normalized spacial score (nSPS) is 10.7. The van der Waals surface area contributed by atoms with Crippen molar-refractivity contribution in [1.29, 1.82) is 0 Å². The standard InChI is InChI=1S/C9H8ClN5O4S/c1-2-13-3-5(15(18)19)7(16)14(9(13)17)4-6-11-12-8(10)20-6/h3H,2,4H2,1H3. The minimum absolute atomic E-state index is 0.161. The first-order valence-electron chi connectivity index (χ1n) is 5.40. The number of aryl methyl sites for hydroxylation is 1. The van der Waals surface area contributed by atoms with E-state index < -0.39 is 21.9 Å². The maximum Gasteiger partial charge on any atom is 0.350 e. The van der Waals surface area contributed by atoms with E-state index in [1.54, 1.807) is 6.92 Å². The van der Waals surface area contributed by atoms with Gasteiger partial charge in [0.1, 0.15) is 5.01 Å². The zero-order chi connectivity index (χ0) is 14.9. The summed E-state index contributed by atoms with van der Waals surface area (Å²) in [5, 5.41) is 18.4. The van der Waals surface area contributed by atoms with Crippen LogP contribution in [0.15, 0.2) is 15.8 Å². The van der Waals surface area contributed by atoms with E-state index in [0.29, 0.717) is 5.01 Å². The fourth-order valence-electron chi connectivity index (χ4n) is 1.56. The predicted molar refractivity (Wildman–Crippen MR) is 71.3 cm³/mol. The van der Waals surface area contributed by atoms with Crippen LogP contribution >= 0.6 is 22.9 Å². The van der Waals surface area contributed by atoms with Crippen LogP contribution in [0.3, 0.4) is 0 Å². The molecule has 11 heteroatoms. The highest BCUT2D eigenvalue weighted by molar-refractivity contribution is 7.15. The molecule has 0 saturated carbocycles. The summed E-state index contributed by atoms with van der Waals surface area (Å²) in [4.78, 5) is 34.0. The van der Waals surface area contributed by atoms with E-state index in [0.717, 1.165) is 26.7 Å². The molecule has 20 heavy (non-hydrogen) atoms. The molecule has 0 atom stereocenters. The molecule has 0 radical (unpaired) electrons. The Hall–Kier alpha value is -2.07. The third-order valence-electron chi connectivity index (χ3n) is 2.49. The molecule has 0 bridgehead atoms. The van der Waals surface area contributed by atoms with Crippen molar-refractivity contribution in [3.63, 3.8) is 0 Å². The van der Waals surface area contributed by atoms with Gasteiger partial charge in [0.2, 0.25) is 4.47 Å². The van der Waals surface area contributed by atoms with Crippen LogP contribution in [-0.2, 0) is 13.1 Å². The van der Waals surface area contributed by atoms with Crippen molar-refractivity contribution in [2.24, 2.45) is 0 Å². The number of nitro groups is 1. The van der Waals surface area contributed by atoms with Crippen molar-refractivity contribution in [2.75, 3.05) is 0 Å². The predicted octanol–water partition coefficient (Wildman–Crippen LogP) is 0.491. The summed E-state index contributed by atoms with van der Waals surface area (Å²) in [6.45, 7) is 1.64. The van der Waals surface area contributed by atoms with Gasteiger partial charge in [-0.15, -0.1) is 10.2 Å². The Kier molecular flexibility index (Phi) is 3.95. The SMILES string of the molecule is CCn1cc([N+](=O)[O-])c(=O)n(Cc2nnc(Cl)s2)c1=O. The van der Waals surface area contributed by atoms with E-state index in [2.05, 4.69) is 10.2 Å². The third-order valence-corrected chi connectivity index (χ3v) is 3.50.